The zero-order valence-electron chi connectivity index (χ0n) is 15.2. The summed E-state index contributed by atoms with van der Waals surface area (Å²) in [5, 5.41) is -0.217. The highest BCUT2D eigenvalue weighted by Gasteiger charge is 2.34. The molecule has 1 saturated heterocycles. The van der Waals surface area contributed by atoms with Gasteiger partial charge in [0.05, 0.1) is 4.91 Å². The standard InChI is InChI=1S/C21H20BrNO3S/c1-3-9-23-20(24)19(27-21(23)25)12-16-11-17(22)7-8-18(16)26-13-15-6-4-5-14(2)10-15/h4-8,10-12H,3,9,13H2,1-2H3/b19-12+. The first-order valence-electron chi connectivity index (χ1n) is 8.71. The molecule has 0 aliphatic carbocycles. The number of carbonyl (C=O) groups excluding carboxylic acids is 2. The molecule has 1 aliphatic heterocycles. The first kappa shape index (κ1) is 19.7. The number of aryl methyl sites for hydroxylation is 1. The fourth-order valence-electron chi connectivity index (χ4n) is 2.78. The van der Waals surface area contributed by atoms with E-state index in [2.05, 4.69) is 22.0 Å². The molecule has 1 fully saturated rings. The van der Waals surface area contributed by atoms with Crippen molar-refractivity contribution in [2.75, 3.05) is 6.54 Å². The summed E-state index contributed by atoms with van der Waals surface area (Å²) in [6, 6.07) is 13.8. The van der Waals surface area contributed by atoms with Gasteiger partial charge >= 0.3 is 0 Å². The molecule has 1 aliphatic rings. The third-order valence-corrected chi connectivity index (χ3v) is 5.46. The number of benzene rings is 2. The second-order valence-electron chi connectivity index (χ2n) is 6.29. The fourth-order valence-corrected chi connectivity index (χ4v) is 4.02. The molecule has 0 saturated carbocycles. The van der Waals surface area contributed by atoms with Crippen molar-refractivity contribution in [1.82, 2.24) is 4.90 Å². The molecule has 0 unspecified atom stereocenters. The molecule has 140 valence electrons. The van der Waals surface area contributed by atoms with Crippen molar-refractivity contribution in [3.05, 3.63) is 68.5 Å². The van der Waals surface area contributed by atoms with Crippen LogP contribution in [0.4, 0.5) is 4.79 Å². The average Bonchev–Trinajstić information content (AvgIpc) is 2.89. The van der Waals surface area contributed by atoms with Gasteiger partial charge in [0.2, 0.25) is 0 Å². The number of amides is 2. The summed E-state index contributed by atoms with van der Waals surface area (Å²) in [6.45, 7) is 4.86. The van der Waals surface area contributed by atoms with Gasteiger partial charge in [0.1, 0.15) is 12.4 Å². The van der Waals surface area contributed by atoms with Crippen LogP contribution in [-0.4, -0.2) is 22.6 Å². The zero-order chi connectivity index (χ0) is 19.4. The lowest BCUT2D eigenvalue weighted by Crippen LogP contribution is -2.28. The van der Waals surface area contributed by atoms with Gasteiger partial charge in [-0.1, -0.05) is 52.7 Å². The highest BCUT2D eigenvalue weighted by molar-refractivity contribution is 9.10. The Hall–Kier alpha value is -2.05. The van der Waals surface area contributed by atoms with Crippen molar-refractivity contribution >= 4 is 44.9 Å². The molecule has 2 aromatic rings. The summed E-state index contributed by atoms with van der Waals surface area (Å²) in [4.78, 5) is 26.3. The number of hydrogen-bond donors (Lipinski definition) is 0. The highest BCUT2D eigenvalue weighted by Crippen LogP contribution is 2.35. The smallest absolute Gasteiger partial charge is 0.293 e. The lowest BCUT2D eigenvalue weighted by molar-refractivity contribution is -0.122. The van der Waals surface area contributed by atoms with Gasteiger partial charge in [-0.2, -0.15) is 0 Å². The third kappa shape index (κ3) is 4.82. The summed E-state index contributed by atoms with van der Waals surface area (Å²) >= 11 is 4.44. The second-order valence-corrected chi connectivity index (χ2v) is 8.20. The van der Waals surface area contributed by atoms with Crippen molar-refractivity contribution in [1.29, 1.82) is 0 Å². The predicted octanol–water partition coefficient (Wildman–Crippen LogP) is 5.78. The summed E-state index contributed by atoms with van der Waals surface area (Å²) in [5.41, 5.74) is 3.02. The molecule has 4 nitrogen and oxygen atoms in total. The van der Waals surface area contributed by atoms with Crippen LogP contribution in [0, 0.1) is 6.92 Å². The lowest BCUT2D eigenvalue weighted by atomic mass is 10.1. The second kappa shape index (κ2) is 8.76. The van der Waals surface area contributed by atoms with E-state index >= 15 is 0 Å². The minimum Gasteiger partial charge on any atom is -0.488 e. The van der Waals surface area contributed by atoms with E-state index in [1.807, 2.05) is 50.2 Å². The molecule has 1 heterocycles. The van der Waals surface area contributed by atoms with Crippen molar-refractivity contribution in [3.8, 4) is 5.75 Å². The van der Waals surface area contributed by atoms with Crippen LogP contribution < -0.4 is 4.74 Å². The topological polar surface area (TPSA) is 46.6 Å². The SMILES string of the molecule is CCCN1C(=O)S/C(=C/c2cc(Br)ccc2OCc2cccc(C)c2)C1=O. The van der Waals surface area contributed by atoms with Crippen molar-refractivity contribution in [2.24, 2.45) is 0 Å². The van der Waals surface area contributed by atoms with E-state index in [0.29, 0.717) is 23.8 Å². The molecular weight excluding hydrogens is 426 g/mol. The van der Waals surface area contributed by atoms with E-state index in [1.165, 1.54) is 10.5 Å². The van der Waals surface area contributed by atoms with Crippen LogP contribution in [0.3, 0.4) is 0 Å². The minimum atomic E-state index is -0.239. The van der Waals surface area contributed by atoms with E-state index in [9.17, 15) is 9.59 Å². The quantitative estimate of drug-likeness (QED) is 0.528. The van der Waals surface area contributed by atoms with Gasteiger partial charge in [-0.05, 0) is 54.9 Å². The van der Waals surface area contributed by atoms with Crippen LogP contribution in [0.1, 0.15) is 30.0 Å². The van der Waals surface area contributed by atoms with E-state index in [1.54, 1.807) is 6.08 Å². The van der Waals surface area contributed by atoms with E-state index in [-0.39, 0.29) is 11.1 Å². The molecule has 0 bridgehead atoms. The number of rotatable bonds is 6. The van der Waals surface area contributed by atoms with Gasteiger partial charge in [-0.15, -0.1) is 0 Å². The van der Waals surface area contributed by atoms with Crippen LogP contribution in [0.2, 0.25) is 0 Å². The molecule has 0 atom stereocenters. The van der Waals surface area contributed by atoms with E-state index in [4.69, 9.17) is 4.74 Å². The zero-order valence-corrected chi connectivity index (χ0v) is 17.6. The summed E-state index contributed by atoms with van der Waals surface area (Å²) in [6.07, 6.45) is 2.48. The van der Waals surface area contributed by atoms with E-state index in [0.717, 1.165) is 33.8 Å². The van der Waals surface area contributed by atoms with Gasteiger partial charge in [-0.25, -0.2) is 0 Å². The highest BCUT2D eigenvalue weighted by atomic mass is 79.9. The van der Waals surface area contributed by atoms with Gasteiger partial charge in [0.25, 0.3) is 11.1 Å². The maximum absolute atomic E-state index is 12.5. The third-order valence-electron chi connectivity index (χ3n) is 4.06. The summed E-state index contributed by atoms with van der Waals surface area (Å²) in [5.74, 6) is 0.429. The Morgan fingerprint density at radius 2 is 2.00 bits per heavy atom. The Labute approximate surface area is 171 Å². The van der Waals surface area contributed by atoms with E-state index < -0.39 is 0 Å². The number of imide groups is 1. The predicted molar refractivity (Wildman–Crippen MR) is 113 cm³/mol. The van der Waals surface area contributed by atoms with Crippen molar-refractivity contribution < 1.29 is 14.3 Å². The van der Waals surface area contributed by atoms with Gasteiger partial charge in [0, 0.05) is 16.6 Å². The minimum absolute atomic E-state index is 0.217. The molecule has 27 heavy (non-hydrogen) atoms. The monoisotopic (exact) mass is 445 g/mol. The van der Waals surface area contributed by atoms with Crippen LogP contribution in [0.15, 0.2) is 51.8 Å². The lowest BCUT2D eigenvalue weighted by Gasteiger charge is -2.11. The summed E-state index contributed by atoms with van der Waals surface area (Å²) < 4.78 is 6.87. The van der Waals surface area contributed by atoms with Gasteiger partial charge < -0.3 is 4.74 Å². The molecule has 0 radical (unpaired) electrons. The number of ether oxygens (including phenoxy) is 1. The Morgan fingerprint density at radius 1 is 1.19 bits per heavy atom. The normalized spacial score (nSPS) is 15.7. The Kier molecular flexibility index (Phi) is 6.39. The molecule has 0 N–H and O–H groups in total. The number of nitrogens with zero attached hydrogens (tertiary/aromatic N) is 1. The molecule has 6 heteroatoms. The number of thioether (sulfide) groups is 1. The maximum Gasteiger partial charge on any atom is 0.293 e. The first-order chi connectivity index (χ1) is 13.0. The molecular formula is C21H20BrNO3S. The van der Waals surface area contributed by atoms with Gasteiger partial charge in [0.15, 0.2) is 0 Å². The van der Waals surface area contributed by atoms with Crippen molar-refractivity contribution in [3.63, 3.8) is 0 Å². The van der Waals surface area contributed by atoms with Crippen LogP contribution in [0.25, 0.3) is 6.08 Å². The maximum atomic E-state index is 12.5. The molecule has 0 aromatic heterocycles. The number of hydrogen-bond acceptors (Lipinski definition) is 4. The molecule has 2 amide bonds. The number of carbonyl (C=O) groups is 2. The molecule has 0 spiro atoms. The largest absolute Gasteiger partial charge is 0.488 e. The van der Waals surface area contributed by atoms with Crippen LogP contribution in [-0.2, 0) is 11.4 Å². The van der Waals surface area contributed by atoms with Crippen LogP contribution >= 0.6 is 27.7 Å². The Morgan fingerprint density at radius 3 is 2.74 bits per heavy atom. The van der Waals surface area contributed by atoms with Crippen molar-refractivity contribution in [2.45, 2.75) is 26.9 Å². The average molecular weight is 446 g/mol. The molecule has 3 rings (SSSR count). The molecule has 2 aromatic carbocycles. The fraction of sp³-hybridized carbons (Fsp3) is 0.238. The first-order valence-corrected chi connectivity index (χ1v) is 10.3. The number of halogens is 1. The summed E-state index contributed by atoms with van der Waals surface area (Å²) in [7, 11) is 0. The van der Waals surface area contributed by atoms with Crippen LogP contribution in [0.5, 0.6) is 5.75 Å². The van der Waals surface area contributed by atoms with Gasteiger partial charge in [-0.3, -0.25) is 14.5 Å². The Bertz CT molecular complexity index is 910. The Balaban J connectivity index is 1.84.